The predicted octanol–water partition coefficient (Wildman–Crippen LogP) is 3.69. The molecular weight excluding hydrogens is 330 g/mol. The van der Waals surface area contributed by atoms with Gasteiger partial charge in [-0.15, -0.1) is 0 Å². The van der Waals surface area contributed by atoms with Gasteiger partial charge >= 0.3 is 0 Å². The summed E-state index contributed by atoms with van der Waals surface area (Å²) in [7, 11) is 5.92. The van der Waals surface area contributed by atoms with Crippen molar-refractivity contribution in [2.45, 2.75) is 6.42 Å². The number of likely N-dealkylation sites (N-methyl/N-ethyl adjacent to an activating group) is 1. The number of aromatic amines is 1. The largest absolute Gasteiger partial charge is 0.380 e. The zero-order valence-electron chi connectivity index (χ0n) is 15.3. The van der Waals surface area contributed by atoms with Crippen LogP contribution in [-0.2, 0) is 0 Å². The maximum atomic E-state index is 4.29. The van der Waals surface area contributed by atoms with Gasteiger partial charge in [-0.3, -0.25) is 4.99 Å². The van der Waals surface area contributed by atoms with E-state index in [2.05, 4.69) is 37.9 Å². The first-order valence-corrected chi connectivity index (χ1v) is 9.29. The Labute approximate surface area is 154 Å². The lowest BCUT2D eigenvalue weighted by Gasteiger charge is -2.31. The highest BCUT2D eigenvalue weighted by molar-refractivity contribution is 8.13. The van der Waals surface area contributed by atoms with Gasteiger partial charge in [0.25, 0.3) is 0 Å². The Morgan fingerprint density at radius 3 is 3.00 bits per heavy atom. The molecule has 2 aromatic rings. The van der Waals surface area contributed by atoms with Crippen LogP contribution in [0.1, 0.15) is 12.0 Å². The van der Waals surface area contributed by atoms with Crippen LogP contribution in [0.3, 0.4) is 0 Å². The van der Waals surface area contributed by atoms with E-state index in [1.165, 1.54) is 12.2 Å². The summed E-state index contributed by atoms with van der Waals surface area (Å²) in [5.74, 6) is 1.19. The van der Waals surface area contributed by atoms with E-state index in [1.807, 2.05) is 57.3 Å². The summed E-state index contributed by atoms with van der Waals surface area (Å²) in [5.41, 5.74) is 3.16. The minimum Gasteiger partial charge on any atom is -0.380 e. The molecular formula is C19H27N5S. The molecule has 0 atom stereocenters. The van der Waals surface area contributed by atoms with Crippen molar-refractivity contribution in [2.24, 2.45) is 4.99 Å². The molecule has 0 aliphatic carbocycles. The second kappa shape index (κ2) is 9.32. The van der Waals surface area contributed by atoms with Crippen molar-refractivity contribution in [1.82, 2.24) is 19.8 Å². The highest BCUT2D eigenvalue weighted by Crippen LogP contribution is 2.18. The third-order valence-corrected chi connectivity index (χ3v) is 5.17. The maximum Gasteiger partial charge on any atom is 0.159 e. The fourth-order valence-corrected chi connectivity index (χ4v) is 3.39. The zero-order chi connectivity index (χ0) is 18.2. The van der Waals surface area contributed by atoms with Crippen molar-refractivity contribution in [3.63, 3.8) is 0 Å². The van der Waals surface area contributed by atoms with Crippen LogP contribution in [-0.4, -0.2) is 64.9 Å². The van der Waals surface area contributed by atoms with Crippen LogP contribution in [0.25, 0.3) is 17.1 Å². The van der Waals surface area contributed by atoms with E-state index in [0.717, 1.165) is 40.6 Å². The van der Waals surface area contributed by atoms with Gasteiger partial charge in [-0.2, -0.15) is 0 Å². The molecule has 0 saturated carbocycles. The Balaban J connectivity index is 0.000000185. The molecule has 1 aliphatic rings. The van der Waals surface area contributed by atoms with E-state index in [4.69, 9.17) is 0 Å². The number of nitrogens with zero attached hydrogens (tertiary/aromatic N) is 4. The van der Waals surface area contributed by atoms with Gasteiger partial charge in [-0.25, -0.2) is 4.98 Å². The SMILES string of the molecule is C=C(CN1CCCSC1=NC)N(C)C.C=Cc1c[nH]c2ncccc12. The molecule has 134 valence electrons. The van der Waals surface area contributed by atoms with Gasteiger partial charge < -0.3 is 14.8 Å². The van der Waals surface area contributed by atoms with Crippen LogP contribution in [0.4, 0.5) is 0 Å². The minimum absolute atomic E-state index is 0.896. The average molecular weight is 358 g/mol. The first kappa shape index (κ1) is 19.1. The van der Waals surface area contributed by atoms with Gasteiger partial charge in [0.05, 0.1) is 6.54 Å². The summed E-state index contributed by atoms with van der Waals surface area (Å²) < 4.78 is 0. The lowest BCUT2D eigenvalue weighted by Crippen LogP contribution is -2.37. The summed E-state index contributed by atoms with van der Waals surface area (Å²) in [4.78, 5) is 15.9. The van der Waals surface area contributed by atoms with Gasteiger partial charge in [0, 0.05) is 62.5 Å². The molecule has 25 heavy (non-hydrogen) atoms. The number of pyridine rings is 1. The lowest BCUT2D eigenvalue weighted by atomic mass is 10.2. The number of hydrogen-bond donors (Lipinski definition) is 1. The van der Waals surface area contributed by atoms with Gasteiger partial charge in [-0.1, -0.05) is 31.0 Å². The molecule has 2 aromatic heterocycles. The molecule has 0 spiro atoms. The van der Waals surface area contributed by atoms with E-state index in [0.29, 0.717) is 0 Å². The minimum atomic E-state index is 0.896. The summed E-state index contributed by atoms with van der Waals surface area (Å²) in [6, 6.07) is 3.94. The molecule has 1 saturated heterocycles. The summed E-state index contributed by atoms with van der Waals surface area (Å²) >= 11 is 1.84. The normalized spacial score (nSPS) is 15.6. The number of fused-ring (bicyclic) bond motifs is 1. The Kier molecular flexibility index (Phi) is 7.13. The molecule has 3 heterocycles. The number of rotatable bonds is 4. The second-order valence-electron chi connectivity index (χ2n) is 5.94. The average Bonchev–Trinajstić information content (AvgIpc) is 3.06. The molecule has 3 rings (SSSR count). The predicted molar refractivity (Wildman–Crippen MR) is 111 cm³/mol. The highest BCUT2D eigenvalue weighted by Gasteiger charge is 2.17. The molecule has 1 aliphatic heterocycles. The Hall–Kier alpha value is -2.21. The van der Waals surface area contributed by atoms with Crippen LogP contribution in [0.2, 0.25) is 0 Å². The van der Waals surface area contributed by atoms with Crippen LogP contribution < -0.4 is 0 Å². The maximum absolute atomic E-state index is 4.29. The molecule has 1 N–H and O–H groups in total. The van der Waals surface area contributed by atoms with Gasteiger partial charge in [0.2, 0.25) is 0 Å². The van der Waals surface area contributed by atoms with Gasteiger partial charge in [-0.05, 0) is 18.6 Å². The Morgan fingerprint density at radius 2 is 2.32 bits per heavy atom. The summed E-state index contributed by atoms with van der Waals surface area (Å²) in [6.45, 7) is 9.74. The molecule has 0 amide bonds. The lowest BCUT2D eigenvalue weighted by molar-refractivity contribution is 0.392. The monoisotopic (exact) mass is 357 g/mol. The van der Waals surface area contributed by atoms with Crippen molar-refractivity contribution in [2.75, 3.05) is 40.0 Å². The first-order chi connectivity index (χ1) is 12.1. The number of hydrogen-bond acceptors (Lipinski definition) is 4. The molecule has 0 aromatic carbocycles. The van der Waals surface area contributed by atoms with E-state index in [9.17, 15) is 0 Å². The van der Waals surface area contributed by atoms with Crippen molar-refractivity contribution >= 4 is 34.0 Å². The standard InChI is InChI=1S/C10H19N3S.C9H8N2/c1-9(12(3)4)8-13-6-5-7-14-10(13)11-2;1-2-7-6-11-9-8(7)4-3-5-10-9/h1,5-8H2,2-4H3;2-6H,1H2,(H,10,11). The number of thioether (sulfide) groups is 1. The van der Waals surface area contributed by atoms with Crippen molar-refractivity contribution in [1.29, 1.82) is 0 Å². The Bertz CT molecular complexity index is 747. The quantitative estimate of drug-likeness (QED) is 0.906. The smallest absolute Gasteiger partial charge is 0.159 e. The van der Waals surface area contributed by atoms with Crippen molar-refractivity contribution < 1.29 is 0 Å². The molecule has 0 bridgehead atoms. The van der Waals surface area contributed by atoms with Crippen LogP contribution in [0.15, 0.2) is 48.4 Å². The highest BCUT2D eigenvalue weighted by atomic mass is 32.2. The van der Waals surface area contributed by atoms with Crippen molar-refractivity contribution in [3.8, 4) is 0 Å². The fraction of sp³-hybridized carbons (Fsp3) is 0.368. The topological polar surface area (TPSA) is 47.5 Å². The zero-order valence-corrected chi connectivity index (χ0v) is 16.1. The van der Waals surface area contributed by atoms with Gasteiger partial charge in [0.15, 0.2) is 5.17 Å². The molecule has 5 nitrogen and oxygen atoms in total. The second-order valence-corrected chi connectivity index (χ2v) is 7.00. The van der Waals surface area contributed by atoms with E-state index < -0.39 is 0 Å². The fourth-order valence-electron chi connectivity index (χ4n) is 2.47. The number of H-pyrrole nitrogens is 1. The third-order valence-electron chi connectivity index (χ3n) is 3.97. The molecule has 1 fully saturated rings. The third kappa shape index (κ3) is 5.13. The van der Waals surface area contributed by atoms with E-state index >= 15 is 0 Å². The molecule has 0 unspecified atom stereocenters. The van der Waals surface area contributed by atoms with Crippen LogP contribution >= 0.6 is 11.8 Å². The summed E-state index contributed by atoms with van der Waals surface area (Å²) in [5, 5.41) is 2.28. The van der Waals surface area contributed by atoms with Gasteiger partial charge in [0.1, 0.15) is 5.65 Å². The number of nitrogens with one attached hydrogen (secondary N) is 1. The number of aliphatic imine (C=N–C) groups is 1. The van der Waals surface area contributed by atoms with Crippen LogP contribution in [0.5, 0.6) is 0 Å². The number of aromatic nitrogens is 2. The summed E-state index contributed by atoms with van der Waals surface area (Å²) in [6.07, 6.45) is 6.74. The van der Waals surface area contributed by atoms with Crippen molar-refractivity contribution in [3.05, 3.63) is 48.9 Å². The first-order valence-electron chi connectivity index (χ1n) is 8.31. The Morgan fingerprint density at radius 1 is 1.52 bits per heavy atom. The molecule has 0 radical (unpaired) electrons. The number of amidine groups is 1. The van der Waals surface area contributed by atoms with E-state index in [1.54, 1.807) is 6.20 Å². The van der Waals surface area contributed by atoms with Crippen LogP contribution in [0, 0.1) is 0 Å². The molecule has 6 heteroatoms. The van der Waals surface area contributed by atoms with E-state index in [-0.39, 0.29) is 0 Å².